The lowest BCUT2D eigenvalue weighted by molar-refractivity contribution is -0.129. The number of benzene rings is 1. The molecule has 1 aliphatic rings. The molecule has 1 aromatic rings. The third kappa shape index (κ3) is 4.61. The Bertz CT molecular complexity index is 639. The van der Waals surface area contributed by atoms with E-state index in [0.717, 1.165) is 19.3 Å². The second-order valence-electron chi connectivity index (χ2n) is 5.43. The van der Waals surface area contributed by atoms with Gasteiger partial charge in [-0.25, -0.2) is 8.42 Å². The highest BCUT2D eigenvalue weighted by atomic mass is 35.5. The van der Waals surface area contributed by atoms with Gasteiger partial charge in [-0.3, -0.25) is 4.79 Å². The number of amides is 1. The van der Waals surface area contributed by atoms with Crippen LogP contribution in [0.1, 0.15) is 24.8 Å². The van der Waals surface area contributed by atoms with E-state index < -0.39 is 15.6 Å². The normalized spacial score (nSPS) is 15.6. The summed E-state index contributed by atoms with van der Waals surface area (Å²) in [6.07, 6.45) is 2.97. The summed E-state index contributed by atoms with van der Waals surface area (Å²) in [5, 5.41) is 0.438. The summed E-state index contributed by atoms with van der Waals surface area (Å²) in [7, 11) is -2.09. The van der Waals surface area contributed by atoms with Crippen LogP contribution in [0.5, 0.6) is 5.75 Å². The molecule has 1 aromatic carbocycles. The van der Waals surface area contributed by atoms with Gasteiger partial charge in [0.05, 0.1) is 12.9 Å². The SMILES string of the molecule is COc1ccc(Cl)cc1CS(=O)(=O)CC(=O)N1CCCCC1. The van der Waals surface area contributed by atoms with Crippen molar-refractivity contribution in [3.63, 3.8) is 0 Å². The molecule has 0 atom stereocenters. The van der Waals surface area contributed by atoms with Crippen molar-refractivity contribution in [2.75, 3.05) is 26.0 Å². The van der Waals surface area contributed by atoms with Gasteiger partial charge in [0.1, 0.15) is 11.5 Å². The maximum absolute atomic E-state index is 12.3. The van der Waals surface area contributed by atoms with Crippen molar-refractivity contribution < 1.29 is 17.9 Å². The minimum Gasteiger partial charge on any atom is -0.496 e. The van der Waals surface area contributed by atoms with Crippen molar-refractivity contribution in [2.24, 2.45) is 0 Å². The lowest BCUT2D eigenvalue weighted by atomic mass is 10.1. The smallest absolute Gasteiger partial charge is 0.237 e. The van der Waals surface area contributed by atoms with Crippen LogP contribution >= 0.6 is 11.6 Å². The van der Waals surface area contributed by atoms with Gasteiger partial charge in [-0.2, -0.15) is 0 Å². The van der Waals surface area contributed by atoms with E-state index in [2.05, 4.69) is 0 Å². The van der Waals surface area contributed by atoms with E-state index in [0.29, 0.717) is 29.4 Å². The van der Waals surface area contributed by atoms with Crippen LogP contribution in [-0.4, -0.2) is 45.2 Å². The highest BCUT2D eigenvalue weighted by molar-refractivity contribution is 7.91. The molecule has 0 bridgehead atoms. The van der Waals surface area contributed by atoms with Crippen LogP contribution in [0.4, 0.5) is 0 Å². The highest BCUT2D eigenvalue weighted by Crippen LogP contribution is 2.25. The lowest BCUT2D eigenvalue weighted by Gasteiger charge is -2.26. The first-order chi connectivity index (χ1) is 10.4. The van der Waals surface area contributed by atoms with Crippen LogP contribution in [0.2, 0.25) is 5.02 Å². The van der Waals surface area contributed by atoms with Crippen molar-refractivity contribution in [1.82, 2.24) is 4.90 Å². The molecular weight excluding hydrogens is 326 g/mol. The molecule has 122 valence electrons. The molecule has 0 radical (unpaired) electrons. The van der Waals surface area contributed by atoms with Gasteiger partial charge in [-0.05, 0) is 37.5 Å². The average Bonchev–Trinajstić information content (AvgIpc) is 2.47. The van der Waals surface area contributed by atoms with E-state index >= 15 is 0 Å². The standard InChI is InChI=1S/C15H20ClNO4S/c1-21-14-6-5-13(16)9-12(14)10-22(19,20)11-15(18)17-7-3-2-4-8-17/h5-6,9H,2-4,7-8,10-11H2,1H3. The average molecular weight is 346 g/mol. The number of piperidine rings is 1. The quantitative estimate of drug-likeness (QED) is 0.821. The maximum atomic E-state index is 12.3. The number of nitrogens with zero attached hydrogens (tertiary/aromatic N) is 1. The van der Waals surface area contributed by atoms with Gasteiger partial charge in [-0.1, -0.05) is 11.6 Å². The number of likely N-dealkylation sites (tertiary alicyclic amines) is 1. The number of carbonyl (C=O) groups is 1. The van der Waals surface area contributed by atoms with Crippen LogP contribution in [0.3, 0.4) is 0 Å². The molecule has 0 N–H and O–H groups in total. The number of methoxy groups -OCH3 is 1. The van der Waals surface area contributed by atoms with E-state index in [1.165, 1.54) is 7.11 Å². The predicted molar refractivity (Wildman–Crippen MR) is 85.9 cm³/mol. The number of hydrogen-bond donors (Lipinski definition) is 0. The third-order valence-corrected chi connectivity index (χ3v) is 5.34. The van der Waals surface area contributed by atoms with Crippen molar-refractivity contribution in [3.05, 3.63) is 28.8 Å². The van der Waals surface area contributed by atoms with Crippen LogP contribution in [0, 0.1) is 0 Å². The molecule has 0 aromatic heterocycles. The second kappa shape index (κ2) is 7.33. The second-order valence-corrected chi connectivity index (χ2v) is 7.93. The van der Waals surface area contributed by atoms with Gasteiger partial charge in [0.15, 0.2) is 9.84 Å². The Balaban J connectivity index is 2.07. The molecule has 1 heterocycles. The molecule has 0 saturated carbocycles. The van der Waals surface area contributed by atoms with Crippen LogP contribution < -0.4 is 4.74 Å². The van der Waals surface area contributed by atoms with Gasteiger partial charge < -0.3 is 9.64 Å². The van der Waals surface area contributed by atoms with Crippen LogP contribution in [0.15, 0.2) is 18.2 Å². The molecule has 1 saturated heterocycles. The van der Waals surface area contributed by atoms with E-state index in [1.807, 2.05) is 0 Å². The Morgan fingerprint density at radius 3 is 2.59 bits per heavy atom. The van der Waals surface area contributed by atoms with Gasteiger partial charge in [0.2, 0.25) is 5.91 Å². The maximum Gasteiger partial charge on any atom is 0.237 e. The fourth-order valence-electron chi connectivity index (χ4n) is 2.57. The Morgan fingerprint density at radius 2 is 1.95 bits per heavy atom. The number of ether oxygens (including phenoxy) is 1. The molecule has 2 rings (SSSR count). The Hall–Kier alpha value is -1.27. The molecule has 0 unspecified atom stereocenters. The first-order valence-electron chi connectivity index (χ1n) is 7.22. The molecule has 1 amide bonds. The van der Waals surface area contributed by atoms with E-state index in [4.69, 9.17) is 16.3 Å². The minimum atomic E-state index is -3.56. The zero-order valence-corrected chi connectivity index (χ0v) is 14.1. The topological polar surface area (TPSA) is 63.7 Å². The van der Waals surface area contributed by atoms with Crippen molar-refractivity contribution in [3.8, 4) is 5.75 Å². The molecule has 1 aliphatic heterocycles. The molecule has 22 heavy (non-hydrogen) atoms. The van der Waals surface area contributed by atoms with Gasteiger partial charge in [0, 0.05) is 23.7 Å². The molecule has 1 fully saturated rings. The number of carbonyl (C=O) groups excluding carboxylic acids is 1. The fourth-order valence-corrected chi connectivity index (χ4v) is 4.13. The minimum absolute atomic E-state index is 0.254. The molecular formula is C15H20ClNO4S. The van der Waals surface area contributed by atoms with E-state index in [-0.39, 0.29) is 11.7 Å². The van der Waals surface area contributed by atoms with Gasteiger partial charge in [-0.15, -0.1) is 0 Å². The summed E-state index contributed by atoms with van der Waals surface area (Å²) in [5.74, 6) is -0.585. The lowest BCUT2D eigenvalue weighted by Crippen LogP contribution is -2.39. The van der Waals surface area contributed by atoms with Gasteiger partial charge in [0.25, 0.3) is 0 Å². The molecule has 5 nitrogen and oxygen atoms in total. The summed E-state index contributed by atoms with van der Waals surface area (Å²) in [5.41, 5.74) is 0.474. The summed E-state index contributed by atoms with van der Waals surface area (Å²) in [6, 6.07) is 4.82. The molecule has 0 aliphatic carbocycles. The first-order valence-corrected chi connectivity index (χ1v) is 9.42. The van der Waals surface area contributed by atoms with Crippen molar-refractivity contribution in [2.45, 2.75) is 25.0 Å². The van der Waals surface area contributed by atoms with Crippen molar-refractivity contribution >= 4 is 27.3 Å². The predicted octanol–water partition coefficient (Wildman–Crippen LogP) is 2.28. The zero-order valence-electron chi connectivity index (χ0n) is 12.5. The summed E-state index contributed by atoms with van der Waals surface area (Å²) in [4.78, 5) is 13.7. The number of hydrogen-bond acceptors (Lipinski definition) is 4. The monoisotopic (exact) mass is 345 g/mol. The Morgan fingerprint density at radius 1 is 1.27 bits per heavy atom. The number of halogens is 1. The third-order valence-electron chi connectivity index (χ3n) is 3.67. The number of rotatable bonds is 5. The zero-order chi connectivity index (χ0) is 16.2. The van der Waals surface area contributed by atoms with E-state index in [1.54, 1.807) is 23.1 Å². The Kier molecular flexibility index (Phi) is 5.69. The van der Waals surface area contributed by atoms with Crippen molar-refractivity contribution in [1.29, 1.82) is 0 Å². The summed E-state index contributed by atoms with van der Waals surface area (Å²) in [6.45, 7) is 1.30. The van der Waals surface area contributed by atoms with Gasteiger partial charge >= 0.3 is 0 Å². The molecule has 7 heteroatoms. The van der Waals surface area contributed by atoms with Crippen LogP contribution in [-0.2, 0) is 20.4 Å². The first kappa shape index (κ1) is 17.1. The number of sulfone groups is 1. The summed E-state index contributed by atoms with van der Waals surface area (Å²) >= 11 is 5.90. The van der Waals surface area contributed by atoms with E-state index in [9.17, 15) is 13.2 Å². The fraction of sp³-hybridized carbons (Fsp3) is 0.533. The highest BCUT2D eigenvalue weighted by Gasteiger charge is 2.24. The Labute approximate surface area is 136 Å². The summed E-state index contributed by atoms with van der Waals surface area (Å²) < 4.78 is 29.7. The van der Waals surface area contributed by atoms with Crippen LogP contribution in [0.25, 0.3) is 0 Å². The largest absolute Gasteiger partial charge is 0.496 e. The molecule has 0 spiro atoms.